The normalized spacial score (nSPS) is 20.6. The molecule has 1 aliphatic heterocycles. The Morgan fingerprint density at radius 1 is 1.24 bits per heavy atom. The Morgan fingerprint density at radius 2 is 2.03 bits per heavy atom. The highest BCUT2D eigenvalue weighted by Gasteiger charge is 2.48. The molecule has 1 saturated heterocycles. The number of nitrogens with one attached hydrogen (secondary N) is 3. The zero-order chi connectivity index (χ0) is 20.3. The Kier molecular flexibility index (Phi) is 5.56. The molecule has 3 N–H and O–H groups in total. The average Bonchev–Trinajstić information content (AvgIpc) is 3.16. The quantitative estimate of drug-likeness (QED) is 0.725. The van der Waals surface area contributed by atoms with Crippen molar-refractivity contribution in [2.24, 2.45) is 0 Å². The van der Waals surface area contributed by atoms with E-state index in [1.54, 1.807) is 6.20 Å². The maximum absolute atomic E-state index is 13.6. The predicted molar refractivity (Wildman–Crippen MR) is 112 cm³/mol. The summed E-state index contributed by atoms with van der Waals surface area (Å²) in [6.45, 7) is 3.88. The van der Waals surface area contributed by atoms with Crippen LogP contribution >= 0.6 is 0 Å². The largest absolute Gasteiger partial charge is 0.341 e. The lowest BCUT2D eigenvalue weighted by Crippen LogP contribution is -2.53. The number of piperidine rings is 1. The third kappa shape index (κ3) is 3.73. The molecule has 4 rings (SSSR count). The molecule has 29 heavy (non-hydrogen) atoms. The van der Waals surface area contributed by atoms with Crippen LogP contribution in [0.4, 0.5) is 10.5 Å². The van der Waals surface area contributed by atoms with Gasteiger partial charge in [-0.2, -0.15) is 5.10 Å². The lowest BCUT2D eigenvalue weighted by molar-refractivity contribution is -0.142. The molecule has 2 fully saturated rings. The maximum Gasteiger partial charge on any atom is 0.319 e. The van der Waals surface area contributed by atoms with Crippen molar-refractivity contribution in [2.45, 2.75) is 50.4 Å². The van der Waals surface area contributed by atoms with Crippen molar-refractivity contribution >= 4 is 17.6 Å². The van der Waals surface area contributed by atoms with Gasteiger partial charge < -0.3 is 15.5 Å². The first-order chi connectivity index (χ1) is 14.1. The minimum atomic E-state index is -0.362. The van der Waals surface area contributed by atoms with Crippen molar-refractivity contribution < 1.29 is 9.59 Å². The fourth-order valence-electron chi connectivity index (χ4n) is 4.65. The molecule has 3 amide bonds. The van der Waals surface area contributed by atoms with E-state index in [-0.39, 0.29) is 23.3 Å². The van der Waals surface area contributed by atoms with Crippen molar-refractivity contribution in [3.63, 3.8) is 0 Å². The van der Waals surface area contributed by atoms with Crippen LogP contribution in [0.5, 0.6) is 0 Å². The first-order valence-electron chi connectivity index (χ1n) is 10.6. The number of rotatable bonds is 5. The summed E-state index contributed by atoms with van der Waals surface area (Å²) in [6.07, 6.45) is 6.49. The molecule has 1 saturated carbocycles. The van der Waals surface area contributed by atoms with E-state index >= 15 is 0 Å². The monoisotopic (exact) mass is 395 g/mol. The van der Waals surface area contributed by atoms with Crippen LogP contribution in [0.2, 0.25) is 0 Å². The van der Waals surface area contributed by atoms with Gasteiger partial charge in [-0.25, -0.2) is 4.79 Å². The van der Waals surface area contributed by atoms with Gasteiger partial charge in [-0.3, -0.25) is 9.89 Å². The molecule has 1 aromatic heterocycles. The van der Waals surface area contributed by atoms with Gasteiger partial charge in [-0.15, -0.1) is 0 Å². The smallest absolute Gasteiger partial charge is 0.319 e. The van der Waals surface area contributed by atoms with E-state index < -0.39 is 0 Å². The Labute approximate surface area is 171 Å². The number of aromatic amines is 1. The lowest BCUT2D eigenvalue weighted by Gasteiger charge is -2.46. The van der Waals surface area contributed by atoms with Gasteiger partial charge in [0.1, 0.15) is 0 Å². The average molecular weight is 396 g/mol. The zero-order valence-corrected chi connectivity index (χ0v) is 16.9. The number of likely N-dealkylation sites (tertiary alicyclic amines) is 1. The summed E-state index contributed by atoms with van der Waals surface area (Å²) >= 11 is 0. The van der Waals surface area contributed by atoms with Gasteiger partial charge >= 0.3 is 6.03 Å². The molecule has 2 aliphatic rings. The van der Waals surface area contributed by atoms with E-state index in [0.29, 0.717) is 18.8 Å². The number of benzene rings is 1. The number of carbonyl (C=O) groups is 2. The third-order valence-corrected chi connectivity index (χ3v) is 6.31. The SMILES string of the molecule is CCNC(=O)Nc1cn[nH]c1C1CCCN(C(=O)C2(c3ccccc3)CCC2)C1. The van der Waals surface area contributed by atoms with Crippen LogP contribution in [0.25, 0.3) is 0 Å². The van der Waals surface area contributed by atoms with Crippen LogP contribution in [0.15, 0.2) is 36.5 Å². The van der Waals surface area contributed by atoms with Crippen molar-refractivity contribution in [1.29, 1.82) is 0 Å². The van der Waals surface area contributed by atoms with Crippen LogP contribution in [-0.4, -0.2) is 46.7 Å². The summed E-state index contributed by atoms with van der Waals surface area (Å²) in [7, 11) is 0. The standard InChI is InChI=1S/C22H29N5O2/c1-2-23-21(29)25-18-14-24-26-19(18)16-8-6-13-27(15-16)20(28)22(11-7-12-22)17-9-4-3-5-10-17/h3-5,9-10,14,16H,2,6-8,11-13,15H2,1H3,(H,24,26)(H2,23,25,29). The van der Waals surface area contributed by atoms with Gasteiger partial charge in [-0.1, -0.05) is 36.8 Å². The molecule has 154 valence electrons. The summed E-state index contributed by atoms with van der Waals surface area (Å²) in [4.78, 5) is 27.5. The number of nitrogens with zero attached hydrogens (tertiary/aromatic N) is 2. The molecule has 1 aromatic carbocycles. The van der Waals surface area contributed by atoms with Crippen LogP contribution < -0.4 is 10.6 Å². The molecule has 7 nitrogen and oxygen atoms in total. The van der Waals surface area contributed by atoms with Crippen LogP contribution in [0, 0.1) is 0 Å². The number of hydrogen-bond donors (Lipinski definition) is 3. The van der Waals surface area contributed by atoms with Crippen LogP contribution in [0.3, 0.4) is 0 Å². The molecule has 1 unspecified atom stereocenters. The summed E-state index contributed by atoms with van der Waals surface area (Å²) < 4.78 is 0. The number of aromatic nitrogens is 2. The van der Waals surface area contributed by atoms with Gasteiger partial charge in [0.25, 0.3) is 0 Å². The highest BCUT2D eigenvalue weighted by atomic mass is 16.2. The fourth-order valence-corrected chi connectivity index (χ4v) is 4.65. The fraction of sp³-hybridized carbons (Fsp3) is 0.500. The van der Waals surface area contributed by atoms with Gasteiger partial charge in [0.2, 0.25) is 5.91 Å². The number of anilines is 1. The second kappa shape index (κ2) is 8.27. The number of amides is 3. The molecule has 7 heteroatoms. The first kappa shape index (κ1) is 19.5. The van der Waals surface area contributed by atoms with E-state index in [0.717, 1.165) is 49.9 Å². The summed E-state index contributed by atoms with van der Waals surface area (Å²) in [5, 5.41) is 12.8. The Morgan fingerprint density at radius 3 is 2.72 bits per heavy atom. The number of hydrogen-bond acceptors (Lipinski definition) is 3. The van der Waals surface area contributed by atoms with E-state index in [1.807, 2.05) is 30.0 Å². The first-order valence-corrected chi connectivity index (χ1v) is 10.6. The summed E-state index contributed by atoms with van der Waals surface area (Å²) in [6, 6.07) is 9.97. The van der Waals surface area contributed by atoms with Crippen molar-refractivity contribution in [1.82, 2.24) is 20.4 Å². The Balaban J connectivity index is 1.50. The highest BCUT2D eigenvalue weighted by Crippen LogP contribution is 2.46. The molecule has 1 atom stereocenters. The molecule has 0 radical (unpaired) electrons. The molecular formula is C22H29N5O2. The molecule has 0 spiro atoms. The molecule has 2 heterocycles. The second-order valence-electron chi connectivity index (χ2n) is 8.07. The predicted octanol–water partition coefficient (Wildman–Crippen LogP) is 3.38. The van der Waals surface area contributed by atoms with Gasteiger partial charge in [0.15, 0.2) is 0 Å². The van der Waals surface area contributed by atoms with Crippen molar-refractivity contribution in [3.05, 3.63) is 47.8 Å². The van der Waals surface area contributed by atoms with Gasteiger partial charge in [-0.05, 0) is 38.2 Å². The van der Waals surface area contributed by atoms with E-state index in [1.165, 1.54) is 0 Å². The molecule has 1 aliphatic carbocycles. The summed E-state index contributed by atoms with van der Waals surface area (Å²) in [5.74, 6) is 0.387. The topological polar surface area (TPSA) is 90.1 Å². The van der Waals surface area contributed by atoms with Gasteiger partial charge in [0, 0.05) is 25.6 Å². The minimum Gasteiger partial charge on any atom is -0.341 e. The summed E-state index contributed by atoms with van der Waals surface area (Å²) in [5.41, 5.74) is 2.37. The number of H-pyrrole nitrogens is 1. The van der Waals surface area contributed by atoms with E-state index in [2.05, 4.69) is 33.0 Å². The van der Waals surface area contributed by atoms with E-state index in [4.69, 9.17) is 0 Å². The van der Waals surface area contributed by atoms with Crippen LogP contribution in [-0.2, 0) is 10.2 Å². The maximum atomic E-state index is 13.6. The van der Waals surface area contributed by atoms with Gasteiger partial charge in [0.05, 0.1) is 23.0 Å². The Hall–Kier alpha value is -2.83. The Bertz CT molecular complexity index is 859. The molecular weight excluding hydrogens is 366 g/mol. The zero-order valence-electron chi connectivity index (χ0n) is 16.9. The lowest BCUT2D eigenvalue weighted by atomic mass is 9.63. The highest BCUT2D eigenvalue weighted by molar-refractivity contribution is 5.90. The number of urea groups is 1. The van der Waals surface area contributed by atoms with Crippen molar-refractivity contribution in [2.75, 3.05) is 25.0 Å². The third-order valence-electron chi connectivity index (χ3n) is 6.31. The molecule has 2 aromatic rings. The van der Waals surface area contributed by atoms with Crippen molar-refractivity contribution in [3.8, 4) is 0 Å². The number of carbonyl (C=O) groups excluding carboxylic acids is 2. The van der Waals surface area contributed by atoms with Crippen LogP contribution in [0.1, 0.15) is 56.2 Å². The second-order valence-corrected chi connectivity index (χ2v) is 8.07. The molecule has 0 bridgehead atoms. The van der Waals surface area contributed by atoms with E-state index in [9.17, 15) is 9.59 Å². The minimum absolute atomic E-state index is 0.139.